The number of rotatable bonds is 5. The lowest BCUT2D eigenvalue weighted by Gasteiger charge is -2.36. The van der Waals surface area contributed by atoms with E-state index in [1.807, 2.05) is 54.3 Å². The Hall–Kier alpha value is -3.36. The highest BCUT2D eigenvalue weighted by Gasteiger charge is 2.42. The van der Waals surface area contributed by atoms with E-state index in [0.29, 0.717) is 37.3 Å². The monoisotopic (exact) mass is 461 g/mol. The summed E-state index contributed by atoms with van der Waals surface area (Å²) in [5.74, 6) is 0.0239. The van der Waals surface area contributed by atoms with Crippen LogP contribution in [0, 0.1) is 5.21 Å². The molecule has 3 amide bonds. The van der Waals surface area contributed by atoms with Crippen molar-refractivity contribution in [2.75, 3.05) is 37.6 Å². The number of piperazine rings is 1. The van der Waals surface area contributed by atoms with Crippen molar-refractivity contribution in [2.45, 2.75) is 31.8 Å². The molecular weight excluding hydrogens is 430 g/mol. The van der Waals surface area contributed by atoms with Crippen molar-refractivity contribution in [3.8, 4) is 0 Å². The number of fused-ring (bicyclic) bond motifs is 1. The fourth-order valence-corrected chi connectivity index (χ4v) is 5.13. The normalized spacial score (nSPS) is 24.5. The molecule has 3 atom stereocenters. The second kappa shape index (κ2) is 9.48. The molecule has 0 radical (unpaired) electrons. The third-order valence-corrected chi connectivity index (χ3v) is 7.01. The summed E-state index contributed by atoms with van der Waals surface area (Å²) in [6.07, 6.45) is 3.11. The summed E-state index contributed by atoms with van der Waals surface area (Å²) < 4.78 is 0. The summed E-state index contributed by atoms with van der Waals surface area (Å²) in [6, 6.07) is 17.0. The van der Waals surface area contributed by atoms with Crippen LogP contribution in [-0.2, 0) is 0 Å². The maximum Gasteiger partial charge on any atom is 0.322 e. The molecule has 3 unspecified atom stereocenters. The van der Waals surface area contributed by atoms with Crippen LogP contribution in [0.15, 0.2) is 66.5 Å². The van der Waals surface area contributed by atoms with Gasteiger partial charge in [-0.1, -0.05) is 37.3 Å². The molecule has 0 aromatic heterocycles. The molecule has 178 valence electrons. The molecule has 0 aliphatic carbocycles. The smallest absolute Gasteiger partial charge is 0.322 e. The maximum absolute atomic E-state index is 13.1. The van der Waals surface area contributed by atoms with Crippen LogP contribution < -0.4 is 15.3 Å². The highest BCUT2D eigenvalue weighted by atomic mass is 16.5. The zero-order valence-corrected chi connectivity index (χ0v) is 19.4. The highest BCUT2D eigenvalue weighted by Crippen LogP contribution is 2.27. The van der Waals surface area contributed by atoms with E-state index < -0.39 is 0 Å². The van der Waals surface area contributed by atoms with Crippen molar-refractivity contribution in [1.29, 1.82) is 0 Å². The minimum atomic E-state index is -0.295. The van der Waals surface area contributed by atoms with Crippen molar-refractivity contribution in [3.63, 3.8) is 0 Å². The van der Waals surface area contributed by atoms with E-state index in [1.165, 1.54) is 5.69 Å². The van der Waals surface area contributed by atoms with Gasteiger partial charge in [0.15, 0.2) is 0 Å². The number of benzene rings is 2. The lowest BCUT2D eigenvalue weighted by atomic mass is 10.0. The van der Waals surface area contributed by atoms with Gasteiger partial charge in [-0.05, 0) is 30.7 Å². The molecule has 34 heavy (non-hydrogen) atoms. The van der Waals surface area contributed by atoms with Crippen molar-refractivity contribution in [1.82, 2.24) is 15.1 Å². The Morgan fingerprint density at radius 3 is 2.44 bits per heavy atom. The first-order valence-corrected chi connectivity index (χ1v) is 12.1. The minimum absolute atomic E-state index is 0.0239. The van der Waals surface area contributed by atoms with Crippen LogP contribution in [0.4, 0.5) is 10.5 Å². The Labute approximate surface area is 200 Å². The van der Waals surface area contributed by atoms with Gasteiger partial charge in [0.05, 0.1) is 6.20 Å². The van der Waals surface area contributed by atoms with E-state index in [0.717, 1.165) is 25.1 Å². The number of hydrogen-bond donors (Lipinski definition) is 2. The Bertz CT molecular complexity index is 1060. The Morgan fingerprint density at radius 2 is 1.76 bits per heavy atom. The number of anilines is 1. The number of urea groups is 1. The molecule has 8 heteroatoms. The average molecular weight is 462 g/mol. The van der Waals surface area contributed by atoms with Gasteiger partial charge in [0.25, 0.3) is 5.91 Å². The second-order valence-electron chi connectivity index (χ2n) is 9.17. The Morgan fingerprint density at radius 1 is 1.06 bits per heavy atom. The standard InChI is InChI=1S/C26H31N5O3/c1-2-12-30-18-24-22(27-26(30)33)17-23(31(24)34)19-8-10-20(11-9-19)25(32)29-15-13-28(14-16-29)21-6-4-3-5-7-21/h3-11,18,22-23,31H,2,12-17H2,1H3,(H,27,33). The predicted octanol–water partition coefficient (Wildman–Crippen LogP) is 2.12. The lowest BCUT2D eigenvalue weighted by molar-refractivity contribution is -0.831. The number of nitrogens with zero attached hydrogens (tertiary/aromatic N) is 3. The van der Waals surface area contributed by atoms with Crippen LogP contribution in [0.5, 0.6) is 0 Å². The molecule has 3 aliphatic rings. The van der Waals surface area contributed by atoms with Gasteiger partial charge in [0, 0.05) is 56.0 Å². The largest absolute Gasteiger partial charge is 0.629 e. The number of quaternary nitrogens is 1. The number of hydroxylamine groups is 2. The van der Waals surface area contributed by atoms with Gasteiger partial charge in [-0.3, -0.25) is 9.69 Å². The first-order valence-electron chi connectivity index (χ1n) is 12.1. The van der Waals surface area contributed by atoms with Crippen molar-refractivity contribution < 1.29 is 14.7 Å². The van der Waals surface area contributed by atoms with Crippen LogP contribution in [0.25, 0.3) is 0 Å². The molecule has 2 saturated heterocycles. The lowest BCUT2D eigenvalue weighted by Crippen LogP contribution is -3.04. The van der Waals surface area contributed by atoms with E-state index in [1.54, 1.807) is 11.1 Å². The van der Waals surface area contributed by atoms with Gasteiger partial charge in [-0.15, -0.1) is 0 Å². The van der Waals surface area contributed by atoms with Crippen LogP contribution in [0.1, 0.15) is 41.7 Å². The van der Waals surface area contributed by atoms with E-state index >= 15 is 0 Å². The van der Waals surface area contributed by atoms with Gasteiger partial charge in [-0.25, -0.2) is 4.79 Å². The summed E-state index contributed by atoms with van der Waals surface area (Å²) in [5, 5.41) is 16.1. The number of nitrogens with one attached hydrogen (secondary N) is 2. The highest BCUT2D eigenvalue weighted by molar-refractivity contribution is 5.94. The zero-order chi connectivity index (χ0) is 23.7. The van der Waals surface area contributed by atoms with Crippen LogP contribution >= 0.6 is 0 Å². The van der Waals surface area contributed by atoms with Gasteiger partial charge < -0.3 is 25.4 Å². The van der Waals surface area contributed by atoms with Crippen molar-refractivity contribution >= 4 is 17.6 Å². The maximum atomic E-state index is 13.1. The predicted molar refractivity (Wildman–Crippen MR) is 130 cm³/mol. The summed E-state index contributed by atoms with van der Waals surface area (Å²) in [5.41, 5.74) is 3.39. The van der Waals surface area contributed by atoms with E-state index in [4.69, 9.17) is 0 Å². The fourth-order valence-electron chi connectivity index (χ4n) is 5.13. The van der Waals surface area contributed by atoms with Crippen molar-refractivity contribution in [2.24, 2.45) is 0 Å². The summed E-state index contributed by atoms with van der Waals surface area (Å²) in [7, 11) is 0. The minimum Gasteiger partial charge on any atom is -0.629 e. The molecule has 0 spiro atoms. The summed E-state index contributed by atoms with van der Waals surface area (Å²) in [4.78, 5) is 31.1. The molecule has 0 saturated carbocycles. The van der Waals surface area contributed by atoms with Crippen LogP contribution in [-0.4, -0.2) is 60.5 Å². The molecule has 0 bridgehead atoms. The van der Waals surface area contributed by atoms with Gasteiger partial charge in [-0.2, -0.15) is 0 Å². The van der Waals surface area contributed by atoms with E-state index in [-0.39, 0.29) is 29.1 Å². The Balaban J connectivity index is 1.23. The molecule has 2 fully saturated rings. The molecular formula is C26H31N5O3. The van der Waals surface area contributed by atoms with Crippen LogP contribution in [0.2, 0.25) is 0 Å². The topological polar surface area (TPSA) is 83.4 Å². The quantitative estimate of drug-likeness (QED) is 0.669. The average Bonchev–Trinajstić information content (AvgIpc) is 3.19. The Kier molecular flexibility index (Phi) is 6.26. The third kappa shape index (κ3) is 4.26. The number of hydrogen-bond acceptors (Lipinski definition) is 4. The third-order valence-electron chi connectivity index (χ3n) is 7.01. The fraction of sp³-hybridized carbons (Fsp3) is 0.385. The number of amides is 3. The first kappa shape index (κ1) is 22.4. The van der Waals surface area contributed by atoms with E-state index in [9.17, 15) is 14.8 Å². The van der Waals surface area contributed by atoms with Gasteiger partial charge in [0.1, 0.15) is 17.8 Å². The molecule has 2 aromatic rings. The summed E-state index contributed by atoms with van der Waals surface area (Å²) >= 11 is 0. The zero-order valence-electron chi connectivity index (χ0n) is 19.4. The second-order valence-corrected chi connectivity index (χ2v) is 9.17. The van der Waals surface area contributed by atoms with E-state index in [2.05, 4.69) is 22.3 Å². The van der Waals surface area contributed by atoms with Gasteiger partial charge in [0.2, 0.25) is 0 Å². The number of carbonyl (C=O) groups is 2. The SMILES string of the molecule is CCCN1C=C2C(CC(c3ccc(C(=O)N4CCN(c5ccccc5)CC4)cc3)[NH+]2[O-])NC1=O. The number of carbonyl (C=O) groups excluding carboxylic acids is 2. The van der Waals surface area contributed by atoms with Crippen LogP contribution in [0.3, 0.4) is 0 Å². The molecule has 2 N–H and O–H groups in total. The molecule has 2 aromatic carbocycles. The molecule has 5 rings (SSSR count). The first-order chi connectivity index (χ1) is 16.5. The van der Waals surface area contributed by atoms with Crippen molar-refractivity contribution in [3.05, 3.63) is 82.8 Å². The molecule has 3 heterocycles. The number of para-hydroxylation sites is 1. The summed E-state index contributed by atoms with van der Waals surface area (Å²) in [6.45, 7) is 5.57. The molecule has 3 aliphatic heterocycles. The molecule has 8 nitrogen and oxygen atoms in total. The van der Waals surface area contributed by atoms with Gasteiger partial charge >= 0.3 is 6.03 Å².